The third-order valence-electron chi connectivity index (χ3n) is 6.21. The van der Waals surface area contributed by atoms with Gasteiger partial charge in [0, 0.05) is 37.6 Å². The highest BCUT2D eigenvalue weighted by Gasteiger charge is 2.47. The lowest BCUT2D eigenvalue weighted by atomic mass is 10.1. The van der Waals surface area contributed by atoms with Gasteiger partial charge in [-0.15, -0.1) is 5.10 Å². The molecule has 3 aromatic rings. The third kappa shape index (κ3) is 4.11. The summed E-state index contributed by atoms with van der Waals surface area (Å²) >= 11 is 0. The maximum atomic E-state index is 13.4. The van der Waals surface area contributed by atoms with Gasteiger partial charge in [-0.05, 0) is 45.7 Å². The van der Waals surface area contributed by atoms with Gasteiger partial charge in [0.05, 0.1) is 28.4 Å². The fourth-order valence-corrected chi connectivity index (χ4v) is 5.97. The SMILES string of the molecule is Cc1nc(-c2cn(C)nn2)c2cc(S(=O)(=O)NC3(C#N)CC3)cc(N3C[C@H](C)N[C@@H](C)C3)c2n1. The summed E-state index contributed by atoms with van der Waals surface area (Å²) in [6.45, 7) is 7.40. The van der Waals surface area contributed by atoms with Gasteiger partial charge in [-0.2, -0.15) is 9.98 Å². The summed E-state index contributed by atoms with van der Waals surface area (Å²) in [5.41, 5.74) is 1.41. The van der Waals surface area contributed by atoms with Crippen LogP contribution in [0.15, 0.2) is 23.2 Å². The number of fused-ring (bicyclic) bond motifs is 1. The van der Waals surface area contributed by atoms with Crippen LogP contribution < -0.4 is 14.9 Å². The van der Waals surface area contributed by atoms with Crippen LogP contribution in [0.25, 0.3) is 22.3 Å². The second-order valence-electron chi connectivity index (χ2n) is 9.41. The quantitative estimate of drug-likeness (QED) is 0.550. The van der Waals surface area contributed by atoms with Crippen molar-refractivity contribution in [2.75, 3.05) is 18.0 Å². The highest BCUT2D eigenvalue weighted by atomic mass is 32.2. The predicted octanol–water partition coefficient (Wildman–Crippen LogP) is 1.25. The van der Waals surface area contributed by atoms with Crippen molar-refractivity contribution in [2.24, 2.45) is 7.05 Å². The van der Waals surface area contributed by atoms with Gasteiger partial charge in [0.2, 0.25) is 10.0 Å². The van der Waals surface area contributed by atoms with Crippen LogP contribution in [-0.2, 0) is 17.1 Å². The van der Waals surface area contributed by atoms with E-state index in [1.807, 2.05) is 6.92 Å². The number of nitrogens with one attached hydrogen (secondary N) is 2. The Morgan fingerprint density at radius 3 is 2.50 bits per heavy atom. The van der Waals surface area contributed by atoms with Crippen molar-refractivity contribution in [3.05, 3.63) is 24.2 Å². The van der Waals surface area contributed by atoms with Crippen LogP contribution in [0, 0.1) is 18.3 Å². The van der Waals surface area contributed by atoms with Gasteiger partial charge in [0.25, 0.3) is 0 Å². The minimum Gasteiger partial charge on any atom is -0.367 e. The first-order valence-electron chi connectivity index (χ1n) is 11.2. The van der Waals surface area contributed by atoms with E-state index in [9.17, 15) is 13.7 Å². The van der Waals surface area contributed by atoms with E-state index in [0.29, 0.717) is 54.0 Å². The Balaban J connectivity index is 1.75. The van der Waals surface area contributed by atoms with Crippen molar-refractivity contribution < 1.29 is 8.42 Å². The van der Waals surface area contributed by atoms with Gasteiger partial charge in [0.15, 0.2) is 0 Å². The molecule has 0 radical (unpaired) electrons. The Morgan fingerprint density at radius 2 is 1.91 bits per heavy atom. The Kier molecular flexibility index (Phi) is 5.31. The molecule has 34 heavy (non-hydrogen) atoms. The van der Waals surface area contributed by atoms with Crippen molar-refractivity contribution in [1.82, 2.24) is 35.0 Å². The van der Waals surface area contributed by atoms with E-state index < -0.39 is 15.6 Å². The first-order chi connectivity index (χ1) is 16.1. The Hall–Kier alpha value is -3.14. The number of aryl methyl sites for hydroxylation is 2. The van der Waals surface area contributed by atoms with Gasteiger partial charge >= 0.3 is 0 Å². The van der Waals surface area contributed by atoms with Crippen molar-refractivity contribution in [3.63, 3.8) is 0 Å². The molecule has 3 heterocycles. The summed E-state index contributed by atoms with van der Waals surface area (Å²) in [4.78, 5) is 11.6. The Morgan fingerprint density at radius 1 is 1.21 bits per heavy atom. The molecule has 1 aliphatic carbocycles. The zero-order valence-electron chi connectivity index (χ0n) is 19.6. The molecule has 2 aliphatic rings. The summed E-state index contributed by atoms with van der Waals surface area (Å²) in [6.07, 6.45) is 2.75. The number of nitriles is 1. The van der Waals surface area contributed by atoms with Gasteiger partial charge < -0.3 is 10.2 Å². The molecule has 2 aromatic heterocycles. The molecule has 5 rings (SSSR count). The van der Waals surface area contributed by atoms with Gasteiger partial charge in [-0.3, -0.25) is 4.68 Å². The summed E-state index contributed by atoms with van der Waals surface area (Å²) in [6, 6.07) is 5.77. The molecule has 0 spiro atoms. The summed E-state index contributed by atoms with van der Waals surface area (Å²) in [5, 5.41) is 21.8. The molecule has 2 atom stereocenters. The maximum Gasteiger partial charge on any atom is 0.242 e. The Labute approximate surface area is 198 Å². The van der Waals surface area contributed by atoms with Crippen LogP contribution >= 0.6 is 0 Å². The number of hydrogen-bond donors (Lipinski definition) is 2. The number of anilines is 1. The minimum absolute atomic E-state index is 0.0768. The van der Waals surface area contributed by atoms with Crippen LogP contribution in [0.3, 0.4) is 0 Å². The number of piperazine rings is 1. The highest BCUT2D eigenvalue weighted by molar-refractivity contribution is 7.89. The van der Waals surface area contributed by atoms with E-state index in [1.165, 1.54) is 0 Å². The number of aromatic nitrogens is 5. The average Bonchev–Trinajstić information content (AvgIpc) is 3.40. The molecule has 12 heteroatoms. The molecule has 2 N–H and O–H groups in total. The van der Waals surface area contributed by atoms with Crippen molar-refractivity contribution in [3.8, 4) is 17.5 Å². The highest BCUT2D eigenvalue weighted by Crippen LogP contribution is 2.38. The van der Waals surface area contributed by atoms with Gasteiger partial charge in [-0.1, -0.05) is 5.21 Å². The van der Waals surface area contributed by atoms with E-state index in [1.54, 1.807) is 30.1 Å². The summed E-state index contributed by atoms with van der Waals surface area (Å²) < 4.78 is 31.0. The second-order valence-corrected chi connectivity index (χ2v) is 11.1. The van der Waals surface area contributed by atoms with E-state index in [2.05, 4.69) is 50.2 Å². The van der Waals surface area contributed by atoms with Crippen LogP contribution in [0.4, 0.5) is 5.69 Å². The van der Waals surface area contributed by atoms with Crippen molar-refractivity contribution in [2.45, 2.75) is 56.1 Å². The lowest BCUT2D eigenvalue weighted by Gasteiger charge is -2.38. The number of rotatable bonds is 5. The molecular formula is C22H27N9O2S. The fraction of sp³-hybridized carbons (Fsp3) is 0.500. The molecular weight excluding hydrogens is 454 g/mol. The molecule has 1 aromatic carbocycles. The zero-order valence-corrected chi connectivity index (χ0v) is 20.4. The molecule has 178 valence electrons. The largest absolute Gasteiger partial charge is 0.367 e. The van der Waals surface area contributed by atoms with Crippen molar-refractivity contribution in [1.29, 1.82) is 5.26 Å². The lowest BCUT2D eigenvalue weighted by Crippen LogP contribution is -2.54. The van der Waals surface area contributed by atoms with E-state index >= 15 is 0 Å². The monoisotopic (exact) mass is 481 g/mol. The van der Waals surface area contributed by atoms with Crippen LogP contribution in [0.2, 0.25) is 0 Å². The number of nitrogens with zero attached hydrogens (tertiary/aromatic N) is 7. The minimum atomic E-state index is -3.96. The number of benzene rings is 1. The molecule has 0 amide bonds. The van der Waals surface area contributed by atoms with Crippen LogP contribution in [-0.4, -0.2) is 64.1 Å². The number of hydrogen-bond acceptors (Lipinski definition) is 9. The molecule has 2 fully saturated rings. The molecule has 0 bridgehead atoms. The molecule has 1 saturated carbocycles. The first kappa shape index (κ1) is 22.6. The lowest BCUT2D eigenvalue weighted by molar-refractivity contribution is 0.407. The average molecular weight is 482 g/mol. The van der Waals surface area contributed by atoms with E-state index in [0.717, 1.165) is 5.69 Å². The standard InChI is InChI=1S/C22H27N9O2S/c1-13-9-31(10-14(2)24-13)19-8-16(34(32,33)28-22(12-23)5-6-22)7-17-20(18-11-30(4)29-27-18)25-15(3)26-21(17)19/h7-8,11,13-14,24,28H,5-6,9-10H2,1-4H3/t13-,14-/m0/s1. The van der Waals surface area contributed by atoms with Gasteiger partial charge in [-0.25, -0.2) is 18.4 Å². The van der Waals surface area contributed by atoms with E-state index in [4.69, 9.17) is 4.98 Å². The fourth-order valence-electron chi connectivity index (χ4n) is 4.55. The summed E-state index contributed by atoms with van der Waals surface area (Å²) in [7, 11) is -2.20. The Bertz CT molecular complexity index is 1410. The molecule has 1 saturated heterocycles. The molecule has 1 aliphatic heterocycles. The van der Waals surface area contributed by atoms with Crippen molar-refractivity contribution >= 4 is 26.6 Å². The predicted molar refractivity (Wildman–Crippen MR) is 126 cm³/mol. The normalized spacial score (nSPS) is 22.0. The maximum absolute atomic E-state index is 13.4. The van der Waals surface area contributed by atoms with Crippen LogP contribution in [0.5, 0.6) is 0 Å². The first-order valence-corrected chi connectivity index (χ1v) is 12.7. The molecule has 0 unspecified atom stereocenters. The zero-order chi connectivity index (χ0) is 24.3. The number of sulfonamides is 1. The second kappa shape index (κ2) is 7.97. The van der Waals surface area contributed by atoms with E-state index in [-0.39, 0.29) is 17.0 Å². The van der Waals surface area contributed by atoms with Gasteiger partial charge in [0.1, 0.15) is 22.8 Å². The topological polar surface area (TPSA) is 142 Å². The third-order valence-corrected chi connectivity index (χ3v) is 7.73. The van der Waals surface area contributed by atoms with Crippen LogP contribution in [0.1, 0.15) is 32.5 Å². The molecule has 11 nitrogen and oxygen atoms in total. The summed E-state index contributed by atoms with van der Waals surface area (Å²) in [5.74, 6) is 0.556. The smallest absolute Gasteiger partial charge is 0.242 e.